The number of rotatable bonds is 55. The van der Waals surface area contributed by atoms with E-state index in [9.17, 15) is 14.4 Å². The third-order valence-electron chi connectivity index (χ3n) is 13.1. The summed E-state index contributed by atoms with van der Waals surface area (Å²) in [6, 6.07) is 0. The van der Waals surface area contributed by atoms with Crippen LogP contribution in [0.3, 0.4) is 0 Å². The second-order valence-corrected chi connectivity index (χ2v) is 20.2. The van der Waals surface area contributed by atoms with E-state index in [0.29, 0.717) is 19.3 Å². The van der Waals surface area contributed by atoms with Crippen molar-refractivity contribution in [3.05, 3.63) is 97.2 Å². The Morgan fingerprint density at radius 2 is 0.562 bits per heavy atom. The van der Waals surface area contributed by atoms with Crippen LogP contribution in [-0.2, 0) is 28.6 Å². The average molecular weight is 1020 g/mol. The van der Waals surface area contributed by atoms with Gasteiger partial charge < -0.3 is 14.2 Å². The van der Waals surface area contributed by atoms with Crippen LogP contribution in [0.15, 0.2) is 97.2 Å². The molecule has 0 aliphatic carbocycles. The van der Waals surface area contributed by atoms with Crippen LogP contribution in [0, 0.1) is 0 Å². The predicted octanol–water partition coefficient (Wildman–Crippen LogP) is 20.9. The second kappa shape index (κ2) is 60.9. The number of esters is 3. The Balaban J connectivity index is 4.17. The molecule has 0 spiro atoms. The van der Waals surface area contributed by atoms with Crippen LogP contribution >= 0.6 is 0 Å². The third-order valence-corrected chi connectivity index (χ3v) is 13.1. The maximum atomic E-state index is 12.8. The molecule has 0 aliphatic heterocycles. The Bertz CT molecular complexity index is 1440. The first-order chi connectivity index (χ1) is 36.0. The highest BCUT2D eigenvalue weighted by Gasteiger charge is 2.19. The van der Waals surface area contributed by atoms with E-state index in [1.807, 2.05) is 6.08 Å². The minimum atomic E-state index is -0.815. The molecule has 1 unspecified atom stereocenters. The molecule has 0 aromatic carbocycles. The lowest BCUT2D eigenvalue weighted by molar-refractivity contribution is -0.166. The van der Waals surface area contributed by atoms with Crippen molar-refractivity contribution in [2.24, 2.45) is 0 Å². The van der Waals surface area contributed by atoms with E-state index < -0.39 is 12.1 Å². The molecule has 0 saturated heterocycles. The first-order valence-electron chi connectivity index (χ1n) is 30.7. The smallest absolute Gasteiger partial charge is 0.306 e. The maximum absolute atomic E-state index is 12.8. The van der Waals surface area contributed by atoms with Gasteiger partial charge in [-0.3, -0.25) is 14.4 Å². The zero-order valence-electron chi connectivity index (χ0n) is 47.9. The van der Waals surface area contributed by atoms with Gasteiger partial charge in [0.25, 0.3) is 0 Å². The summed E-state index contributed by atoms with van der Waals surface area (Å²) in [6.07, 6.45) is 81.7. The van der Waals surface area contributed by atoms with Gasteiger partial charge in [0, 0.05) is 19.3 Å². The molecule has 0 fully saturated rings. The molecular formula is C67H114O6. The molecule has 0 bridgehead atoms. The monoisotopic (exact) mass is 1010 g/mol. The molecule has 0 N–H and O–H groups in total. The highest BCUT2D eigenvalue weighted by Crippen LogP contribution is 2.16. The quantitative estimate of drug-likeness (QED) is 0.0261. The SMILES string of the molecule is CC/C=C\C/C=C\C/C=C\C/C=C\C/C=C\C/C=C\CCC(=O)OC(COC(=O)CCCCCCCCC)COC(=O)CCCCCCCCCCCCCCCCCCC/C=C\C/C=C\CCCCCCC. The number of carbonyl (C=O) groups excluding carboxylic acids is 3. The van der Waals surface area contributed by atoms with Crippen molar-refractivity contribution in [1.82, 2.24) is 0 Å². The van der Waals surface area contributed by atoms with Gasteiger partial charge in [0.15, 0.2) is 6.10 Å². The van der Waals surface area contributed by atoms with Gasteiger partial charge in [-0.2, -0.15) is 0 Å². The summed E-state index contributed by atoms with van der Waals surface area (Å²) in [7, 11) is 0. The highest BCUT2D eigenvalue weighted by atomic mass is 16.6. The summed E-state index contributed by atoms with van der Waals surface area (Å²) >= 11 is 0. The summed E-state index contributed by atoms with van der Waals surface area (Å²) in [4.78, 5) is 38.0. The van der Waals surface area contributed by atoms with Gasteiger partial charge in [0.1, 0.15) is 13.2 Å². The Labute approximate surface area is 451 Å². The summed E-state index contributed by atoms with van der Waals surface area (Å²) in [5.41, 5.74) is 0. The summed E-state index contributed by atoms with van der Waals surface area (Å²) < 4.78 is 16.7. The zero-order valence-corrected chi connectivity index (χ0v) is 47.9. The van der Waals surface area contributed by atoms with Crippen LogP contribution in [0.5, 0.6) is 0 Å². The van der Waals surface area contributed by atoms with Crippen molar-refractivity contribution >= 4 is 17.9 Å². The molecule has 0 aliphatic rings. The van der Waals surface area contributed by atoms with Gasteiger partial charge in [-0.1, -0.05) is 279 Å². The third kappa shape index (κ3) is 59.1. The van der Waals surface area contributed by atoms with Crippen molar-refractivity contribution in [2.45, 2.75) is 297 Å². The molecule has 73 heavy (non-hydrogen) atoms. The van der Waals surface area contributed by atoms with E-state index in [1.165, 1.54) is 161 Å². The molecule has 6 nitrogen and oxygen atoms in total. The van der Waals surface area contributed by atoms with E-state index in [-0.39, 0.29) is 31.6 Å². The molecule has 418 valence electrons. The molecule has 0 radical (unpaired) electrons. The van der Waals surface area contributed by atoms with Crippen molar-refractivity contribution in [3.8, 4) is 0 Å². The van der Waals surface area contributed by atoms with Crippen molar-refractivity contribution < 1.29 is 28.6 Å². The van der Waals surface area contributed by atoms with E-state index >= 15 is 0 Å². The first-order valence-corrected chi connectivity index (χ1v) is 30.7. The fourth-order valence-electron chi connectivity index (χ4n) is 8.50. The van der Waals surface area contributed by atoms with Crippen LogP contribution in [-0.4, -0.2) is 37.2 Å². The maximum Gasteiger partial charge on any atom is 0.306 e. The summed E-state index contributed by atoms with van der Waals surface area (Å²) in [6.45, 7) is 6.42. The van der Waals surface area contributed by atoms with E-state index in [2.05, 4.69) is 112 Å². The van der Waals surface area contributed by atoms with Gasteiger partial charge in [-0.15, -0.1) is 0 Å². The largest absolute Gasteiger partial charge is 0.462 e. The van der Waals surface area contributed by atoms with Gasteiger partial charge in [-0.25, -0.2) is 0 Å². The minimum Gasteiger partial charge on any atom is -0.462 e. The molecule has 0 heterocycles. The Morgan fingerprint density at radius 3 is 0.890 bits per heavy atom. The van der Waals surface area contributed by atoms with Crippen LogP contribution in [0.1, 0.15) is 290 Å². The van der Waals surface area contributed by atoms with E-state index in [1.54, 1.807) is 0 Å². The predicted molar refractivity (Wildman–Crippen MR) is 316 cm³/mol. The molecule has 1 atom stereocenters. The number of allylic oxidation sites excluding steroid dienone is 16. The summed E-state index contributed by atoms with van der Waals surface area (Å²) in [5, 5.41) is 0. The highest BCUT2D eigenvalue weighted by molar-refractivity contribution is 5.71. The van der Waals surface area contributed by atoms with Crippen LogP contribution in [0.25, 0.3) is 0 Å². The topological polar surface area (TPSA) is 78.9 Å². The standard InChI is InChI=1S/C67H114O6/c1-4-7-10-13-16-18-20-22-24-26-28-29-30-31-32-33-34-35-36-37-39-40-42-44-46-48-51-54-57-60-66(69)72-63-64(62-71-65(68)59-56-53-50-15-12-9-6-3)73-67(70)61-58-55-52-49-47-45-43-41-38-27-25-23-21-19-17-14-11-8-5-2/h8,11,17,19-20,22-23,25-26,28,38,41,45,47,52,55,64H,4-7,9-10,12-16,18,21,24,27,29-37,39-40,42-44,46,48-51,53-54,56-63H2,1-3H3/b11-8-,19-17-,22-20-,25-23-,28-26-,41-38-,47-45-,55-52-. The average Bonchev–Trinajstić information content (AvgIpc) is 3.39. The Morgan fingerprint density at radius 1 is 0.288 bits per heavy atom. The zero-order chi connectivity index (χ0) is 52.9. The molecule has 0 rings (SSSR count). The van der Waals surface area contributed by atoms with Crippen LogP contribution in [0.4, 0.5) is 0 Å². The number of carbonyl (C=O) groups is 3. The van der Waals surface area contributed by atoms with Crippen molar-refractivity contribution in [2.75, 3.05) is 13.2 Å². The van der Waals surface area contributed by atoms with Gasteiger partial charge in [0.05, 0.1) is 0 Å². The number of hydrogen-bond donors (Lipinski definition) is 0. The lowest BCUT2D eigenvalue weighted by Gasteiger charge is -2.18. The molecule has 0 amide bonds. The van der Waals surface area contributed by atoms with Crippen molar-refractivity contribution in [1.29, 1.82) is 0 Å². The van der Waals surface area contributed by atoms with Crippen LogP contribution in [0.2, 0.25) is 0 Å². The van der Waals surface area contributed by atoms with Gasteiger partial charge in [0.2, 0.25) is 0 Å². The number of hydrogen-bond acceptors (Lipinski definition) is 6. The van der Waals surface area contributed by atoms with Crippen LogP contribution < -0.4 is 0 Å². The van der Waals surface area contributed by atoms with E-state index in [0.717, 1.165) is 83.5 Å². The Kier molecular flexibility index (Phi) is 57.8. The van der Waals surface area contributed by atoms with Gasteiger partial charge in [-0.05, 0) is 89.9 Å². The molecular weight excluding hydrogens is 901 g/mol. The molecule has 6 heteroatoms. The molecule has 0 saturated carbocycles. The van der Waals surface area contributed by atoms with Gasteiger partial charge >= 0.3 is 17.9 Å². The minimum absolute atomic E-state index is 0.106. The molecule has 0 aromatic heterocycles. The second-order valence-electron chi connectivity index (χ2n) is 20.2. The lowest BCUT2D eigenvalue weighted by atomic mass is 10.0. The lowest BCUT2D eigenvalue weighted by Crippen LogP contribution is -2.30. The number of ether oxygens (including phenoxy) is 3. The number of unbranched alkanes of at least 4 members (excludes halogenated alkanes) is 28. The molecule has 0 aromatic rings. The first kappa shape index (κ1) is 69.3. The summed E-state index contributed by atoms with van der Waals surface area (Å²) in [5.74, 6) is -0.992. The Hall–Kier alpha value is -3.67. The normalized spacial score (nSPS) is 12.8. The fourth-order valence-corrected chi connectivity index (χ4v) is 8.50. The fraction of sp³-hybridized carbons (Fsp3) is 0.716. The van der Waals surface area contributed by atoms with E-state index in [4.69, 9.17) is 14.2 Å². The van der Waals surface area contributed by atoms with Crippen molar-refractivity contribution in [3.63, 3.8) is 0 Å².